The number of benzene rings is 1. The van der Waals surface area contributed by atoms with E-state index in [-0.39, 0.29) is 22.4 Å². The van der Waals surface area contributed by atoms with Crippen LogP contribution in [0.4, 0.5) is 15.9 Å². The zero-order valence-electron chi connectivity index (χ0n) is 14.1. The first-order valence-corrected chi connectivity index (χ1v) is 10.1. The van der Waals surface area contributed by atoms with Gasteiger partial charge in [0.1, 0.15) is 5.82 Å². The van der Waals surface area contributed by atoms with Crippen molar-refractivity contribution in [2.24, 2.45) is 9.52 Å². The van der Waals surface area contributed by atoms with E-state index in [9.17, 15) is 13.8 Å². The molecule has 0 radical (unpaired) electrons. The van der Waals surface area contributed by atoms with Crippen LogP contribution in [-0.4, -0.2) is 51.2 Å². The van der Waals surface area contributed by atoms with Crippen molar-refractivity contribution in [3.63, 3.8) is 0 Å². The lowest BCUT2D eigenvalue weighted by molar-refractivity contribution is 0.305. The Morgan fingerprint density at radius 2 is 2.19 bits per heavy atom. The van der Waals surface area contributed by atoms with Crippen LogP contribution in [0.5, 0.6) is 0 Å². The van der Waals surface area contributed by atoms with Crippen molar-refractivity contribution in [2.75, 3.05) is 36.2 Å². The van der Waals surface area contributed by atoms with Crippen LogP contribution in [0, 0.1) is 5.82 Å². The Kier molecular flexibility index (Phi) is 6.75. The first-order valence-electron chi connectivity index (χ1n) is 7.44. The summed E-state index contributed by atoms with van der Waals surface area (Å²) in [4.78, 5) is 0. The van der Waals surface area contributed by atoms with Crippen LogP contribution < -0.4 is 10.6 Å². The maximum Gasteiger partial charge on any atom is 0.203 e. The summed E-state index contributed by atoms with van der Waals surface area (Å²) < 4.78 is 33.4. The average Bonchev–Trinajstić information content (AvgIpc) is 3.03. The number of oxime groups is 1. The maximum absolute atomic E-state index is 13.2. The first-order chi connectivity index (χ1) is 12.3. The molecule has 142 valence electrons. The highest BCUT2D eigenvalue weighted by molar-refractivity contribution is 7.92. The predicted octanol–water partition coefficient (Wildman–Crippen LogP) is 2.64. The van der Waals surface area contributed by atoms with Crippen LogP contribution in [0.2, 0.25) is 5.02 Å². The summed E-state index contributed by atoms with van der Waals surface area (Å²) in [5.41, 5.74) is 0.511. The van der Waals surface area contributed by atoms with E-state index in [0.717, 1.165) is 0 Å². The van der Waals surface area contributed by atoms with Gasteiger partial charge in [-0.15, -0.1) is 0 Å². The Labute approximate surface area is 154 Å². The lowest BCUT2D eigenvalue weighted by atomic mass is 10.3. The Hall–Kier alpha value is -2.40. The van der Waals surface area contributed by atoms with Crippen molar-refractivity contribution >= 4 is 38.7 Å². The van der Waals surface area contributed by atoms with Gasteiger partial charge in [-0.3, -0.25) is 4.21 Å². The molecule has 0 fully saturated rings. The molecule has 0 aliphatic carbocycles. The summed E-state index contributed by atoms with van der Waals surface area (Å²) in [7, 11) is -2.12. The van der Waals surface area contributed by atoms with Gasteiger partial charge in [0.15, 0.2) is 5.69 Å². The van der Waals surface area contributed by atoms with Gasteiger partial charge in [-0.25, -0.2) is 13.4 Å². The third-order valence-corrected chi connectivity index (χ3v) is 4.12. The molecule has 1 aromatic carbocycles. The van der Waals surface area contributed by atoms with E-state index >= 15 is 0 Å². The highest BCUT2D eigenvalue weighted by Crippen LogP contribution is 2.21. The second-order valence-electron chi connectivity index (χ2n) is 5.48. The van der Waals surface area contributed by atoms with Gasteiger partial charge in [-0.2, -0.15) is 0 Å². The van der Waals surface area contributed by atoms with E-state index in [0.29, 0.717) is 25.2 Å². The van der Waals surface area contributed by atoms with Gasteiger partial charge < -0.3 is 15.8 Å². The topological polar surface area (TPSA) is 125 Å². The lowest BCUT2D eigenvalue weighted by Gasteiger charge is -2.08. The number of amidine groups is 1. The maximum atomic E-state index is 13.2. The Bertz CT molecular complexity index is 902. The second kappa shape index (κ2) is 8.81. The van der Waals surface area contributed by atoms with E-state index < -0.39 is 15.5 Å². The minimum atomic E-state index is -2.12. The van der Waals surface area contributed by atoms with Gasteiger partial charge in [-0.1, -0.05) is 16.8 Å². The van der Waals surface area contributed by atoms with Gasteiger partial charge in [0.2, 0.25) is 11.7 Å². The molecule has 0 atom stereocenters. The molecule has 1 aromatic heterocycles. The Balaban J connectivity index is 2.02. The van der Waals surface area contributed by atoms with E-state index in [1.54, 1.807) is 12.5 Å². The van der Waals surface area contributed by atoms with Gasteiger partial charge in [-0.05, 0) is 34.9 Å². The number of rotatable bonds is 7. The molecule has 0 saturated carbocycles. The normalized spacial score (nSPS) is 12.1. The fourth-order valence-corrected chi connectivity index (χ4v) is 2.62. The fourth-order valence-electron chi connectivity index (χ4n) is 1.87. The number of aromatic nitrogens is 2. The number of hydrogen-bond donors (Lipinski definition) is 3. The SMILES string of the molecule is CS(C)(=O)=NCCCNc1nonc1/C(=N/O)Nc1ccc(F)c(Cl)c1. The number of halogens is 2. The molecule has 2 rings (SSSR count). The number of nitrogens with one attached hydrogen (secondary N) is 2. The van der Waals surface area contributed by atoms with E-state index in [1.165, 1.54) is 18.2 Å². The summed E-state index contributed by atoms with van der Waals surface area (Å²) in [6, 6.07) is 3.92. The second-order valence-corrected chi connectivity index (χ2v) is 8.51. The molecule has 3 N–H and O–H groups in total. The molecular formula is C14H18ClFN6O3S. The number of hydrogen-bond acceptors (Lipinski definition) is 8. The summed E-state index contributed by atoms with van der Waals surface area (Å²) in [6.45, 7) is 0.883. The third kappa shape index (κ3) is 5.85. The Morgan fingerprint density at radius 3 is 2.85 bits per heavy atom. The van der Waals surface area contributed by atoms with Gasteiger partial charge in [0.05, 0.1) is 11.6 Å². The van der Waals surface area contributed by atoms with Gasteiger partial charge in [0, 0.05) is 34.5 Å². The monoisotopic (exact) mass is 404 g/mol. The number of anilines is 2. The van der Waals surface area contributed by atoms with Crippen LogP contribution >= 0.6 is 11.6 Å². The van der Waals surface area contributed by atoms with Crippen LogP contribution in [-0.2, 0) is 9.73 Å². The minimum Gasteiger partial charge on any atom is -0.409 e. The minimum absolute atomic E-state index is 0.0637. The quantitative estimate of drug-likeness (QED) is 0.213. The highest BCUT2D eigenvalue weighted by Gasteiger charge is 2.17. The van der Waals surface area contributed by atoms with Crippen molar-refractivity contribution in [1.82, 2.24) is 10.3 Å². The van der Waals surface area contributed by atoms with Crippen molar-refractivity contribution in [3.8, 4) is 0 Å². The molecule has 0 unspecified atom stereocenters. The summed E-state index contributed by atoms with van der Waals surface area (Å²) in [5.74, 6) is -0.392. The highest BCUT2D eigenvalue weighted by atomic mass is 35.5. The third-order valence-electron chi connectivity index (χ3n) is 3.02. The molecular weight excluding hydrogens is 387 g/mol. The van der Waals surface area contributed by atoms with Crippen molar-refractivity contribution in [3.05, 3.63) is 34.7 Å². The molecule has 2 aromatic rings. The molecule has 0 saturated heterocycles. The molecule has 0 aliphatic rings. The van der Waals surface area contributed by atoms with Crippen molar-refractivity contribution in [1.29, 1.82) is 0 Å². The van der Waals surface area contributed by atoms with Gasteiger partial charge >= 0.3 is 0 Å². The van der Waals surface area contributed by atoms with Crippen LogP contribution in [0.3, 0.4) is 0 Å². The summed E-state index contributed by atoms with van der Waals surface area (Å²) in [5, 5.41) is 25.4. The van der Waals surface area contributed by atoms with E-state index in [2.05, 4.69) is 35.1 Å². The molecule has 0 spiro atoms. The predicted molar refractivity (Wildman–Crippen MR) is 98.0 cm³/mol. The van der Waals surface area contributed by atoms with Crippen molar-refractivity contribution in [2.45, 2.75) is 6.42 Å². The molecule has 9 nitrogen and oxygen atoms in total. The zero-order valence-corrected chi connectivity index (χ0v) is 15.6. The first kappa shape index (κ1) is 19.9. The smallest absolute Gasteiger partial charge is 0.203 e. The molecule has 26 heavy (non-hydrogen) atoms. The van der Waals surface area contributed by atoms with Crippen molar-refractivity contribution < 1.29 is 18.4 Å². The lowest BCUT2D eigenvalue weighted by Crippen LogP contribution is -2.17. The van der Waals surface area contributed by atoms with Gasteiger partial charge in [0.25, 0.3) is 0 Å². The fraction of sp³-hybridized carbons (Fsp3) is 0.357. The average molecular weight is 405 g/mol. The summed E-state index contributed by atoms with van der Waals surface area (Å²) in [6.07, 6.45) is 3.74. The zero-order chi connectivity index (χ0) is 19.2. The van der Waals surface area contributed by atoms with E-state index in [1.807, 2.05) is 0 Å². The molecule has 1 heterocycles. The van der Waals surface area contributed by atoms with Crippen LogP contribution in [0.25, 0.3) is 0 Å². The van der Waals surface area contributed by atoms with Crippen LogP contribution in [0.15, 0.2) is 32.3 Å². The molecule has 0 aliphatic heterocycles. The molecule has 12 heteroatoms. The standard InChI is InChI=1S/C14H18ClFN6O3S/c1-26(2,24)18-7-3-6-17-13-12(21-25-22-13)14(20-23)19-9-4-5-11(16)10(15)8-9/h4-5,8,23H,3,6-7H2,1-2H3,(H,17,22)(H,19,20). The largest absolute Gasteiger partial charge is 0.409 e. The summed E-state index contributed by atoms with van der Waals surface area (Å²) >= 11 is 5.72. The molecule has 0 amide bonds. The Morgan fingerprint density at radius 1 is 1.42 bits per heavy atom. The van der Waals surface area contributed by atoms with Crippen LogP contribution in [0.1, 0.15) is 12.1 Å². The number of nitrogens with zero attached hydrogens (tertiary/aromatic N) is 4. The molecule has 0 bridgehead atoms. The van der Waals surface area contributed by atoms with E-state index in [4.69, 9.17) is 11.6 Å².